The molecule has 2 N–H and O–H groups in total. The normalized spacial score (nSPS) is 19.4. The van der Waals surface area contributed by atoms with E-state index in [2.05, 4.69) is 0 Å². The number of carbonyl (C=O) groups excluding carboxylic acids is 1. The van der Waals surface area contributed by atoms with E-state index >= 15 is 0 Å². The summed E-state index contributed by atoms with van der Waals surface area (Å²) in [5.74, 6) is 1.52. The Balaban J connectivity index is 2.02. The van der Waals surface area contributed by atoms with Crippen molar-refractivity contribution in [1.29, 1.82) is 0 Å². The fraction of sp³-hybridized carbons (Fsp3) is 0.562. The number of benzene rings is 1. The average Bonchev–Trinajstić information content (AvgIpc) is 2.36. The fourth-order valence-corrected chi connectivity index (χ4v) is 2.46. The molecule has 1 aliphatic rings. The third-order valence-electron chi connectivity index (χ3n) is 3.57. The van der Waals surface area contributed by atoms with Gasteiger partial charge in [-0.25, -0.2) is 0 Å². The summed E-state index contributed by atoms with van der Waals surface area (Å²) in [6.45, 7) is 4.41. The first-order chi connectivity index (χ1) is 9.78. The van der Waals surface area contributed by atoms with Crippen LogP contribution in [0.15, 0.2) is 18.2 Å². The second-order valence-electron chi connectivity index (χ2n) is 6.26. The van der Waals surface area contributed by atoms with Gasteiger partial charge in [0.2, 0.25) is 5.91 Å². The molecule has 116 valence electrons. The highest BCUT2D eigenvalue weighted by Crippen LogP contribution is 2.39. The molecular formula is C16H24N2O3. The predicted molar refractivity (Wildman–Crippen MR) is 81.5 cm³/mol. The van der Waals surface area contributed by atoms with Crippen LogP contribution >= 0.6 is 0 Å². The monoisotopic (exact) mass is 292 g/mol. The van der Waals surface area contributed by atoms with Gasteiger partial charge < -0.3 is 20.1 Å². The van der Waals surface area contributed by atoms with Gasteiger partial charge in [0.1, 0.15) is 17.1 Å². The zero-order chi connectivity index (χ0) is 15.6. The van der Waals surface area contributed by atoms with Gasteiger partial charge in [0.15, 0.2) is 0 Å². The molecule has 1 aromatic carbocycles. The Kier molecular flexibility index (Phi) is 4.42. The smallest absolute Gasteiger partial charge is 0.225 e. The highest BCUT2D eigenvalue weighted by Gasteiger charge is 2.31. The van der Waals surface area contributed by atoms with Crippen LogP contribution in [0.25, 0.3) is 0 Å². The van der Waals surface area contributed by atoms with E-state index in [-0.39, 0.29) is 17.6 Å². The molecule has 1 atom stereocenters. The number of nitrogens with zero attached hydrogens (tertiary/aromatic N) is 1. The quantitative estimate of drug-likeness (QED) is 0.923. The maximum atomic E-state index is 11.5. The number of carbonyl (C=O) groups is 1. The number of rotatable bonds is 4. The van der Waals surface area contributed by atoms with Crippen molar-refractivity contribution >= 4 is 5.91 Å². The number of hydrogen-bond acceptors (Lipinski definition) is 4. The minimum absolute atomic E-state index is 0.0203. The van der Waals surface area contributed by atoms with Crippen LogP contribution in [-0.2, 0) is 4.79 Å². The van der Waals surface area contributed by atoms with Gasteiger partial charge in [0.05, 0.1) is 13.0 Å². The van der Waals surface area contributed by atoms with Gasteiger partial charge in [0, 0.05) is 38.2 Å². The Morgan fingerprint density at radius 1 is 1.48 bits per heavy atom. The predicted octanol–water partition coefficient (Wildman–Crippen LogP) is 2.10. The van der Waals surface area contributed by atoms with Gasteiger partial charge in [-0.15, -0.1) is 0 Å². The molecule has 1 unspecified atom stereocenters. The lowest BCUT2D eigenvalue weighted by Crippen LogP contribution is -2.37. The van der Waals surface area contributed by atoms with Gasteiger partial charge in [-0.1, -0.05) is 6.07 Å². The molecule has 1 amide bonds. The van der Waals surface area contributed by atoms with Crippen molar-refractivity contribution in [3.63, 3.8) is 0 Å². The minimum atomic E-state index is -0.272. The SMILES string of the molecule is CN(C)C(=O)CCOc1ccc2c(c1)OC(C)(C)CC2N. The number of ether oxygens (including phenoxy) is 2. The number of hydrogen-bond donors (Lipinski definition) is 1. The first kappa shape index (κ1) is 15.6. The maximum Gasteiger partial charge on any atom is 0.225 e. The van der Waals surface area contributed by atoms with E-state index in [0.29, 0.717) is 18.8 Å². The topological polar surface area (TPSA) is 64.8 Å². The summed E-state index contributed by atoms with van der Waals surface area (Å²) in [7, 11) is 3.47. The third kappa shape index (κ3) is 3.88. The maximum absolute atomic E-state index is 11.5. The van der Waals surface area contributed by atoms with E-state index in [1.165, 1.54) is 0 Å². The first-order valence-electron chi connectivity index (χ1n) is 7.20. The lowest BCUT2D eigenvalue weighted by molar-refractivity contribution is -0.129. The number of amides is 1. The summed E-state index contributed by atoms with van der Waals surface area (Å²) in [5, 5.41) is 0. The molecule has 0 aromatic heterocycles. The lowest BCUT2D eigenvalue weighted by atomic mass is 9.90. The standard InChI is InChI=1S/C16H24N2O3/c1-16(2)10-13(17)12-6-5-11(9-14(12)21-16)20-8-7-15(19)18(3)4/h5-6,9,13H,7-8,10,17H2,1-4H3. The fourth-order valence-electron chi connectivity index (χ4n) is 2.46. The summed E-state index contributed by atoms with van der Waals surface area (Å²) in [6, 6.07) is 5.66. The van der Waals surface area contributed by atoms with Crippen LogP contribution in [0.5, 0.6) is 11.5 Å². The summed E-state index contributed by atoms with van der Waals surface area (Å²) < 4.78 is 11.6. The van der Waals surface area contributed by atoms with Crippen LogP contribution in [-0.4, -0.2) is 37.1 Å². The van der Waals surface area contributed by atoms with E-state index in [9.17, 15) is 4.79 Å². The van der Waals surface area contributed by atoms with Gasteiger partial charge in [0.25, 0.3) is 0 Å². The van der Waals surface area contributed by atoms with Crippen LogP contribution < -0.4 is 15.2 Å². The zero-order valence-corrected chi connectivity index (χ0v) is 13.2. The van der Waals surface area contributed by atoms with Crippen LogP contribution in [0, 0.1) is 0 Å². The van der Waals surface area contributed by atoms with Crippen LogP contribution in [0.2, 0.25) is 0 Å². The minimum Gasteiger partial charge on any atom is -0.493 e. The van der Waals surface area contributed by atoms with Crippen LogP contribution in [0.1, 0.15) is 38.3 Å². The first-order valence-corrected chi connectivity index (χ1v) is 7.20. The van der Waals surface area contributed by atoms with E-state index in [0.717, 1.165) is 17.7 Å². The van der Waals surface area contributed by atoms with Crippen molar-refractivity contribution in [2.45, 2.75) is 38.3 Å². The molecule has 1 aromatic rings. The Bertz CT molecular complexity index is 526. The number of nitrogens with two attached hydrogens (primary N) is 1. The van der Waals surface area contributed by atoms with E-state index in [4.69, 9.17) is 15.2 Å². The lowest BCUT2D eigenvalue weighted by Gasteiger charge is -2.36. The van der Waals surface area contributed by atoms with Crippen LogP contribution in [0.4, 0.5) is 0 Å². The van der Waals surface area contributed by atoms with Gasteiger partial charge in [-0.2, -0.15) is 0 Å². The molecule has 0 fully saturated rings. The van der Waals surface area contributed by atoms with Gasteiger partial charge in [-0.3, -0.25) is 4.79 Å². The molecule has 0 radical (unpaired) electrons. The highest BCUT2D eigenvalue weighted by atomic mass is 16.5. The van der Waals surface area contributed by atoms with Gasteiger partial charge >= 0.3 is 0 Å². The summed E-state index contributed by atoms with van der Waals surface area (Å²) in [5.41, 5.74) is 6.91. The Morgan fingerprint density at radius 2 is 2.19 bits per heavy atom. The summed E-state index contributed by atoms with van der Waals surface area (Å²) in [6.07, 6.45) is 1.15. The van der Waals surface area contributed by atoms with Crippen molar-refractivity contribution < 1.29 is 14.3 Å². The van der Waals surface area contributed by atoms with E-state index in [1.54, 1.807) is 19.0 Å². The highest BCUT2D eigenvalue weighted by molar-refractivity contribution is 5.75. The molecule has 0 saturated heterocycles. The van der Waals surface area contributed by atoms with Gasteiger partial charge in [-0.05, 0) is 19.9 Å². The second kappa shape index (κ2) is 5.93. The van der Waals surface area contributed by atoms with Crippen molar-refractivity contribution in [2.24, 2.45) is 5.73 Å². The molecule has 5 nitrogen and oxygen atoms in total. The third-order valence-corrected chi connectivity index (χ3v) is 3.57. The molecule has 1 heterocycles. The average molecular weight is 292 g/mol. The second-order valence-corrected chi connectivity index (χ2v) is 6.26. The summed E-state index contributed by atoms with van der Waals surface area (Å²) in [4.78, 5) is 13.1. The van der Waals surface area contributed by atoms with E-state index in [1.807, 2.05) is 32.0 Å². The Hall–Kier alpha value is -1.75. The molecule has 0 bridgehead atoms. The molecule has 1 aliphatic heterocycles. The molecule has 0 saturated carbocycles. The molecule has 21 heavy (non-hydrogen) atoms. The van der Waals surface area contributed by atoms with E-state index < -0.39 is 0 Å². The molecule has 0 spiro atoms. The Morgan fingerprint density at radius 3 is 2.86 bits per heavy atom. The zero-order valence-electron chi connectivity index (χ0n) is 13.2. The van der Waals surface area contributed by atoms with Crippen molar-refractivity contribution in [2.75, 3.05) is 20.7 Å². The summed E-state index contributed by atoms with van der Waals surface area (Å²) >= 11 is 0. The largest absolute Gasteiger partial charge is 0.493 e. The molecule has 2 rings (SSSR count). The molecule has 0 aliphatic carbocycles. The Labute approximate surface area is 126 Å². The number of fused-ring (bicyclic) bond motifs is 1. The molecular weight excluding hydrogens is 268 g/mol. The molecule has 5 heteroatoms. The van der Waals surface area contributed by atoms with Crippen molar-refractivity contribution in [3.8, 4) is 11.5 Å². The van der Waals surface area contributed by atoms with Crippen molar-refractivity contribution in [3.05, 3.63) is 23.8 Å². The van der Waals surface area contributed by atoms with Crippen LogP contribution in [0.3, 0.4) is 0 Å². The van der Waals surface area contributed by atoms with Crippen molar-refractivity contribution in [1.82, 2.24) is 4.90 Å².